The minimum atomic E-state index is -1.81. The SMILES string of the molecule is COc1ccc(N(C)Cc2ccccc2[CH]=[Ru]([Cl])[Cl])cc1. The second kappa shape index (κ2) is 7.93. The van der Waals surface area contributed by atoms with E-state index >= 15 is 0 Å². The summed E-state index contributed by atoms with van der Waals surface area (Å²) in [7, 11) is 15.7. The van der Waals surface area contributed by atoms with E-state index in [-0.39, 0.29) is 0 Å². The van der Waals surface area contributed by atoms with E-state index in [4.69, 9.17) is 24.1 Å². The van der Waals surface area contributed by atoms with Crippen molar-refractivity contribution in [3.8, 4) is 5.75 Å². The van der Waals surface area contributed by atoms with Gasteiger partial charge in [0.05, 0.1) is 0 Å². The molecule has 5 heteroatoms. The summed E-state index contributed by atoms with van der Waals surface area (Å²) in [4.78, 5) is 2.19. The molecule has 2 nitrogen and oxygen atoms in total. The van der Waals surface area contributed by atoms with Crippen molar-refractivity contribution in [2.24, 2.45) is 0 Å². The van der Waals surface area contributed by atoms with Gasteiger partial charge in [0.1, 0.15) is 0 Å². The van der Waals surface area contributed by atoms with E-state index in [0.717, 1.165) is 23.5 Å². The molecule has 2 aromatic rings. The third kappa shape index (κ3) is 4.81. The molecule has 114 valence electrons. The van der Waals surface area contributed by atoms with E-state index in [9.17, 15) is 0 Å². The third-order valence-electron chi connectivity index (χ3n) is 3.16. The zero-order chi connectivity index (χ0) is 15.2. The second-order valence-corrected chi connectivity index (χ2v) is 10.3. The first kappa shape index (κ1) is 16.5. The average molecular weight is 411 g/mol. The summed E-state index contributed by atoms with van der Waals surface area (Å²) in [5.41, 5.74) is 3.48. The first-order valence-electron chi connectivity index (χ1n) is 6.36. The third-order valence-corrected chi connectivity index (χ3v) is 5.00. The number of anilines is 1. The molecule has 2 aromatic carbocycles. The molecule has 0 aliphatic heterocycles. The first-order chi connectivity index (χ1) is 10.1. The van der Waals surface area contributed by atoms with Gasteiger partial charge in [-0.25, -0.2) is 0 Å². The fourth-order valence-electron chi connectivity index (χ4n) is 2.04. The van der Waals surface area contributed by atoms with Crippen molar-refractivity contribution >= 4 is 29.7 Å². The predicted molar refractivity (Wildman–Crippen MR) is 88.4 cm³/mol. The van der Waals surface area contributed by atoms with Crippen molar-refractivity contribution in [2.75, 3.05) is 19.1 Å². The molecular weight excluding hydrogens is 394 g/mol. The van der Waals surface area contributed by atoms with Crippen LogP contribution in [0, 0.1) is 0 Å². The van der Waals surface area contributed by atoms with Crippen LogP contribution >= 0.6 is 19.4 Å². The zero-order valence-corrected chi connectivity index (χ0v) is 15.1. The summed E-state index contributed by atoms with van der Waals surface area (Å²) in [6, 6.07) is 16.2. The van der Waals surface area contributed by atoms with Gasteiger partial charge < -0.3 is 0 Å². The summed E-state index contributed by atoms with van der Waals surface area (Å²) in [6.45, 7) is 0.800. The molecule has 0 aromatic heterocycles. The van der Waals surface area contributed by atoms with E-state index in [2.05, 4.69) is 24.1 Å². The molecule has 0 saturated heterocycles. The number of methoxy groups -OCH3 is 1. The molecule has 0 N–H and O–H groups in total. The molecule has 0 amide bonds. The Kier molecular flexibility index (Phi) is 6.23. The van der Waals surface area contributed by atoms with Crippen molar-refractivity contribution in [3.63, 3.8) is 0 Å². The minimum absolute atomic E-state index is 0.800. The Labute approximate surface area is 138 Å². The Bertz CT molecular complexity index is 624. The Morgan fingerprint density at radius 1 is 1.10 bits per heavy atom. The van der Waals surface area contributed by atoms with Gasteiger partial charge in [-0.2, -0.15) is 0 Å². The monoisotopic (exact) mass is 411 g/mol. The van der Waals surface area contributed by atoms with Gasteiger partial charge in [-0.15, -0.1) is 0 Å². The normalized spacial score (nSPS) is 11.0. The van der Waals surface area contributed by atoms with Gasteiger partial charge in [-0.05, 0) is 0 Å². The van der Waals surface area contributed by atoms with E-state index < -0.39 is 13.5 Å². The van der Waals surface area contributed by atoms with E-state index in [0.29, 0.717) is 0 Å². The molecule has 0 unspecified atom stereocenters. The summed E-state index contributed by atoms with van der Waals surface area (Å²) in [5, 5.41) is 0. The van der Waals surface area contributed by atoms with Gasteiger partial charge in [-0.3, -0.25) is 0 Å². The molecule has 0 spiro atoms. The number of nitrogens with zero attached hydrogens (tertiary/aromatic N) is 1. The number of hydrogen-bond donors (Lipinski definition) is 0. The molecular formula is C16H17Cl2NORu. The van der Waals surface area contributed by atoms with Crippen LogP contribution in [0.5, 0.6) is 5.75 Å². The summed E-state index contributed by atoms with van der Waals surface area (Å²) < 4.78 is 7.17. The van der Waals surface area contributed by atoms with Gasteiger partial charge in [0.2, 0.25) is 0 Å². The quantitative estimate of drug-likeness (QED) is 0.676. The molecule has 0 heterocycles. The number of benzene rings is 2. The maximum atomic E-state index is 6.00. The Hall–Kier alpha value is -0.887. The van der Waals surface area contributed by atoms with Gasteiger partial charge in [0.15, 0.2) is 0 Å². The Morgan fingerprint density at radius 3 is 2.38 bits per heavy atom. The Balaban J connectivity index is 2.19. The molecule has 0 radical (unpaired) electrons. The standard InChI is InChI=1S/C16H17NO.2ClH.Ru/c1-13-6-4-5-7-14(13)12-17(2)15-8-10-16(18-3)11-9-15;;;/h1,4-11H,12H2,2-3H3;2*1H;/q;;;+2/p-2. The van der Waals surface area contributed by atoms with Crippen molar-refractivity contribution in [1.82, 2.24) is 0 Å². The summed E-state index contributed by atoms with van der Waals surface area (Å²) >= 11 is -1.81. The topological polar surface area (TPSA) is 12.5 Å². The molecule has 0 bridgehead atoms. The van der Waals surface area contributed by atoms with Crippen LogP contribution in [0.1, 0.15) is 11.1 Å². The van der Waals surface area contributed by atoms with Crippen LogP contribution in [0.4, 0.5) is 5.69 Å². The second-order valence-electron chi connectivity index (χ2n) is 4.56. The fraction of sp³-hybridized carbons (Fsp3) is 0.188. The summed E-state index contributed by atoms with van der Waals surface area (Å²) in [6.07, 6.45) is 0. The molecule has 0 aliphatic rings. The van der Waals surface area contributed by atoms with Crippen LogP contribution in [0.2, 0.25) is 0 Å². The summed E-state index contributed by atoms with van der Waals surface area (Å²) in [5.74, 6) is 0.860. The van der Waals surface area contributed by atoms with Gasteiger partial charge in [0.25, 0.3) is 0 Å². The van der Waals surface area contributed by atoms with Crippen molar-refractivity contribution in [3.05, 3.63) is 59.7 Å². The van der Waals surface area contributed by atoms with Crippen LogP contribution < -0.4 is 9.64 Å². The van der Waals surface area contributed by atoms with Crippen LogP contribution in [0.3, 0.4) is 0 Å². The zero-order valence-electron chi connectivity index (χ0n) is 11.9. The number of rotatable bonds is 5. The molecule has 2 rings (SSSR count). The number of ether oxygens (including phenoxy) is 1. The van der Waals surface area contributed by atoms with Crippen LogP contribution in [0.25, 0.3) is 0 Å². The predicted octanol–water partition coefficient (Wildman–Crippen LogP) is 4.41. The fourth-order valence-corrected chi connectivity index (χ4v) is 3.93. The molecule has 21 heavy (non-hydrogen) atoms. The van der Waals surface area contributed by atoms with Gasteiger partial charge >= 0.3 is 139 Å². The van der Waals surface area contributed by atoms with E-state index in [1.165, 1.54) is 5.56 Å². The molecule has 0 aliphatic carbocycles. The van der Waals surface area contributed by atoms with Crippen molar-refractivity contribution < 1.29 is 18.3 Å². The van der Waals surface area contributed by atoms with Crippen molar-refractivity contribution in [2.45, 2.75) is 6.54 Å². The van der Waals surface area contributed by atoms with Gasteiger partial charge in [-0.1, -0.05) is 0 Å². The number of halogens is 2. The number of hydrogen-bond acceptors (Lipinski definition) is 2. The van der Waals surface area contributed by atoms with Crippen LogP contribution in [-0.2, 0) is 20.1 Å². The molecule has 0 fully saturated rings. The molecule has 0 saturated carbocycles. The average Bonchev–Trinajstić information content (AvgIpc) is 2.49. The van der Waals surface area contributed by atoms with E-state index in [1.54, 1.807) is 7.11 Å². The van der Waals surface area contributed by atoms with E-state index in [1.807, 2.05) is 41.0 Å². The Morgan fingerprint density at radius 2 is 1.76 bits per heavy atom. The van der Waals surface area contributed by atoms with Crippen LogP contribution in [-0.4, -0.2) is 18.8 Å². The van der Waals surface area contributed by atoms with Crippen molar-refractivity contribution in [1.29, 1.82) is 0 Å². The van der Waals surface area contributed by atoms with Gasteiger partial charge in [0, 0.05) is 0 Å². The maximum absolute atomic E-state index is 6.00. The first-order valence-corrected chi connectivity index (χ1v) is 11.8. The van der Waals surface area contributed by atoms with Crippen LogP contribution in [0.15, 0.2) is 48.5 Å². The molecule has 0 atom stereocenters.